The first-order valence-corrected chi connectivity index (χ1v) is 7.53. The number of fused-ring (bicyclic) bond motifs is 5. The zero-order chi connectivity index (χ0) is 14.6. The fourth-order valence-electron chi connectivity index (χ4n) is 4.25. The Morgan fingerprint density at radius 3 is 2.33 bits per heavy atom. The second-order valence-corrected chi connectivity index (χ2v) is 6.27. The van der Waals surface area contributed by atoms with Crippen LogP contribution in [-0.4, -0.2) is 4.92 Å². The molecule has 0 aromatic heterocycles. The number of nitrogens with zero attached hydrogens (tertiary/aromatic N) is 1. The van der Waals surface area contributed by atoms with E-state index in [1.165, 1.54) is 36.0 Å². The van der Waals surface area contributed by atoms with Crippen molar-refractivity contribution in [3.8, 4) is 11.1 Å². The first kappa shape index (κ1) is 12.6. The van der Waals surface area contributed by atoms with Gasteiger partial charge in [0.05, 0.1) is 4.92 Å². The molecule has 0 amide bonds. The van der Waals surface area contributed by atoms with Gasteiger partial charge in [0, 0.05) is 12.1 Å². The summed E-state index contributed by atoms with van der Waals surface area (Å²) in [6, 6.07) is 11.4. The van der Waals surface area contributed by atoms with Crippen LogP contribution in [0.2, 0.25) is 0 Å². The molecule has 0 heterocycles. The molecule has 0 radical (unpaired) electrons. The van der Waals surface area contributed by atoms with Gasteiger partial charge in [-0.15, -0.1) is 0 Å². The monoisotopic (exact) mass is 279 g/mol. The quantitative estimate of drug-likeness (QED) is 0.577. The van der Waals surface area contributed by atoms with Crippen molar-refractivity contribution >= 4 is 5.69 Å². The molecule has 1 fully saturated rings. The van der Waals surface area contributed by atoms with E-state index in [0.29, 0.717) is 5.92 Å². The first-order valence-electron chi connectivity index (χ1n) is 7.53. The maximum Gasteiger partial charge on any atom is 0.269 e. The Morgan fingerprint density at radius 1 is 1.00 bits per heavy atom. The zero-order valence-electron chi connectivity index (χ0n) is 12.0. The highest BCUT2D eigenvalue weighted by Gasteiger charge is 2.39. The van der Waals surface area contributed by atoms with Gasteiger partial charge in [0.25, 0.3) is 5.69 Å². The summed E-state index contributed by atoms with van der Waals surface area (Å²) < 4.78 is 0. The summed E-state index contributed by atoms with van der Waals surface area (Å²) in [5.74, 6) is 1.43. The van der Waals surface area contributed by atoms with Crippen LogP contribution in [0, 0.1) is 17.0 Å². The van der Waals surface area contributed by atoms with E-state index in [2.05, 4.69) is 19.1 Å². The molecule has 0 saturated heterocycles. The van der Waals surface area contributed by atoms with Crippen molar-refractivity contribution in [1.29, 1.82) is 0 Å². The number of rotatable bonds is 2. The van der Waals surface area contributed by atoms with E-state index in [9.17, 15) is 10.1 Å². The van der Waals surface area contributed by atoms with Gasteiger partial charge in [0.1, 0.15) is 0 Å². The summed E-state index contributed by atoms with van der Waals surface area (Å²) in [5.41, 5.74) is 7.01. The van der Waals surface area contributed by atoms with Gasteiger partial charge in [-0.1, -0.05) is 12.1 Å². The van der Waals surface area contributed by atoms with Crippen LogP contribution in [0.25, 0.3) is 11.1 Å². The molecule has 2 aliphatic carbocycles. The predicted octanol–water partition coefficient (Wildman–Crippen LogP) is 4.93. The molecule has 0 N–H and O–H groups in total. The molecule has 3 nitrogen and oxygen atoms in total. The number of nitro benzene ring substituents is 1. The lowest BCUT2D eigenvalue weighted by Gasteiger charge is -2.21. The van der Waals surface area contributed by atoms with Gasteiger partial charge in [-0.2, -0.15) is 0 Å². The molecule has 0 aliphatic heterocycles. The average Bonchev–Trinajstić information content (AvgIpc) is 3.10. The van der Waals surface area contributed by atoms with E-state index >= 15 is 0 Å². The fourth-order valence-corrected chi connectivity index (χ4v) is 4.25. The molecule has 1 saturated carbocycles. The van der Waals surface area contributed by atoms with Crippen molar-refractivity contribution in [1.82, 2.24) is 0 Å². The highest BCUT2D eigenvalue weighted by atomic mass is 16.6. The van der Waals surface area contributed by atoms with Crippen molar-refractivity contribution < 1.29 is 4.92 Å². The normalized spacial score (nSPS) is 22.3. The fraction of sp³-hybridized carbons (Fsp3) is 0.333. The number of hydrogen-bond acceptors (Lipinski definition) is 2. The maximum atomic E-state index is 10.8. The van der Waals surface area contributed by atoms with Gasteiger partial charge in [-0.05, 0) is 78.0 Å². The SMILES string of the molecule is Cc1ccc(-c2ccc([N+](=O)[O-])cc2)c2c1C1CCC2C1. The van der Waals surface area contributed by atoms with E-state index in [1.807, 2.05) is 12.1 Å². The molecule has 2 atom stereocenters. The number of non-ortho nitro benzene ring substituents is 1. The standard InChI is InChI=1S/C18H17NO2/c1-11-2-9-16(12-5-7-15(8-6-12)19(20)21)18-14-4-3-13(10-14)17(11)18/h2,5-9,13-14H,3-4,10H2,1H3. The minimum atomic E-state index is -0.342. The van der Waals surface area contributed by atoms with E-state index in [0.717, 1.165) is 11.5 Å². The van der Waals surface area contributed by atoms with Crippen LogP contribution in [0.15, 0.2) is 36.4 Å². The maximum absolute atomic E-state index is 10.8. The molecule has 4 rings (SSSR count). The zero-order valence-corrected chi connectivity index (χ0v) is 12.0. The molecule has 21 heavy (non-hydrogen) atoms. The summed E-state index contributed by atoms with van der Waals surface area (Å²) in [5, 5.41) is 10.8. The van der Waals surface area contributed by atoms with Gasteiger partial charge in [-0.25, -0.2) is 0 Å². The van der Waals surface area contributed by atoms with E-state index in [-0.39, 0.29) is 10.6 Å². The third kappa shape index (κ3) is 1.80. The Bertz CT molecular complexity index is 734. The van der Waals surface area contributed by atoms with Crippen LogP contribution in [0.1, 0.15) is 47.8 Å². The van der Waals surface area contributed by atoms with Gasteiger partial charge < -0.3 is 0 Å². The van der Waals surface area contributed by atoms with Crippen LogP contribution in [-0.2, 0) is 0 Å². The van der Waals surface area contributed by atoms with Crippen molar-refractivity contribution in [3.63, 3.8) is 0 Å². The summed E-state index contributed by atoms with van der Waals surface area (Å²) in [7, 11) is 0. The smallest absolute Gasteiger partial charge is 0.258 e. The van der Waals surface area contributed by atoms with E-state index in [4.69, 9.17) is 0 Å². The van der Waals surface area contributed by atoms with Crippen LogP contribution < -0.4 is 0 Å². The third-order valence-corrected chi connectivity index (χ3v) is 5.14. The lowest BCUT2D eigenvalue weighted by atomic mass is 9.83. The number of hydrogen-bond donors (Lipinski definition) is 0. The molecule has 2 aromatic rings. The van der Waals surface area contributed by atoms with Gasteiger partial charge in [-0.3, -0.25) is 10.1 Å². The average molecular weight is 279 g/mol. The van der Waals surface area contributed by atoms with E-state index < -0.39 is 0 Å². The van der Waals surface area contributed by atoms with Crippen LogP contribution >= 0.6 is 0 Å². The summed E-state index contributed by atoms with van der Waals surface area (Å²) in [6.45, 7) is 2.21. The second-order valence-electron chi connectivity index (χ2n) is 6.27. The van der Waals surface area contributed by atoms with E-state index in [1.54, 1.807) is 17.7 Å². The molecular weight excluding hydrogens is 262 g/mol. The minimum absolute atomic E-state index is 0.157. The molecule has 2 aliphatic rings. The Labute approximate surface area is 123 Å². The van der Waals surface area contributed by atoms with Gasteiger partial charge in [0.15, 0.2) is 0 Å². The number of nitro groups is 1. The molecular formula is C18H17NO2. The molecule has 2 aromatic carbocycles. The van der Waals surface area contributed by atoms with Crippen LogP contribution in [0.4, 0.5) is 5.69 Å². The molecule has 0 spiro atoms. The van der Waals surface area contributed by atoms with Crippen molar-refractivity contribution in [2.45, 2.75) is 38.0 Å². The first-order chi connectivity index (χ1) is 10.1. The van der Waals surface area contributed by atoms with Gasteiger partial charge >= 0.3 is 0 Å². The van der Waals surface area contributed by atoms with Crippen molar-refractivity contribution in [2.24, 2.45) is 0 Å². The minimum Gasteiger partial charge on any atom is -0.258 e. The highest BCUT2D eigenvalue weighted by molar-refractivity contribution is 5.73. The Balaban J connectivity index is 1.85. The Kier molecular flexibility index (Phi) is 2.64. The topological polar surface area (TPSA) is 43.1 Å². The predicted molar refractivity (Wildman–Crippen MR) is 82.6 cm³/mol. The summed E-state index contributed by atoms with van der Waals surface area (Å²) >= 11 is 0. The lowest BCUT2D eigenvalue weighted by molar-refractivity contribution is -0.384. The lowest BCUT2D eigenvalue weighted by Crippen LogP contribution is -2.02. The van der Waals surface area contributed by atoms with Gasteiger partial charge in [0.2, 0.25) is 0 Å². The molecule has 106 valence electrons. The number of benzene rings is 2. The van der Waals surface area contributed by atoms with Crippen LogP contribution in [0.5, 0.6) is 0 Å². The van der Waals surface area contributed by atoms with Crippen LogP contribution in [0.3, 0.4) is 0 Å². The Morgan fingerprint density at radius 2 is 1.67 bits per heavy atom. The Hall–Kier alpha value is -2.16. The molecule has 2 unspecified atom stereocenters. The third-order valence-electron chi connectivity index (χ3n) is 5.14. The number of aryl methyl sites for hydroxylation is 1. The molecule has 3 heteroatoms. The highest BCUT2D eigenvalue weighted by Crippen LogP contribution is 2.56. The van der Waals surface area contributed by atoms with Crippen molar-refractivity contribution in [3.05, 3.63) is 63.2 Å². The molecule has 2 bridgehead atoms. The largest absolute Gasteiger partial charge is 0.269 e. The summed E-state index contributed by atoms with van der Waals surface area (Å²) in [4.78, 5) is 10.4. The second kappa shape index (κ2) is 4.42. The summed E-state index contributed by atoms with van der Waals surface area (Å²) in [6.07, 6.45) is 3.91. The van der Waals surface area contributed by atoms with Crippen molar-refractivity contribution in [2.75, 3.05) is 0 Å².